The van der Waals surface area contributed by atoms with Crippen molar-refractivity contribution >= 4 is 40.7 Å². The number of hydrogen-bond acceptors (Lipinski definition) is 7. The summed E-state index contributed by atoms with van der Waals surface area (Å²) in [4.78, 5) is 32.2. The molecule has 15 heteroatoms. The minimum Gasteiger partial charge on any atom is -0.492 e. The van der Waals surface area contributed by atoms with Gasteiger partial charge in [-0.25, -0.2) is 13.6 Å². The first-order valence-electron chi connectivity index (χ1n) is 15.3. The molecular formula is C33H38F5N5O4S. The number of thiocarbonyl (C=S) groups is 1. The highest BCUT2D eigenvalue weighted by molar-refractivity contribution is 7.81. The lowest BCUT2D eigenvalue weighted by molar-refractivity contribution is -0.137. The first kappa shape index (κ1) is 36.8. The Morgan fingerprint density at radius 2 is 1.77 bits per heavy atom. The number of anilines is 2. The van der Waals surface area contributed by atoms with Crippen LogP contribution < -0.4 is 14.5 Å². The van der Waals surface area contributed by atoms with E-state index in [1.807, 2.05) is 6.92 Å². The lowest BCUT2D eigenvalue weighted by Crippen LogP contribution is -2.55. The second-order valence-electron chi connectivity index (χ2n) is 13.2. The Morgan fingerprint density at radius 3 is 2.35 bits per heavy atom. The molecule has 0 spiro atoms. The zero-order valence-corrected chi connectivity index (χ0v) is 28.3. The maximum absolute atomic E-state index is 13.7. The standard InChI is InChI=1S/C33H38F5N5O4S/c1-20-19-40(11-12-41(20)30(45)47-31(2,3)4)13-14-46-26-10-9-24(15-22(26)16-27(34)35)43-29(48)42(28(44)32(43,5)6)23-8-7-21(18-39)25(17-23)33(36,37)38/h7-10,15,17,20,27H,11-14,16,19H2,1-6H3. The van der Waals surface area contributed by atoms with Gasteiger partial charge in [0.25, 0.3) is 5.91 Å². The van der Waals surface area contributed by atoms with Gasteiger partial charge in [0.2, 0.25) is 6.43 Å². The van der Waals surface area contributed by atoms with Crippen molar-refractivity contribution in [2.75, 3.05) is 42.6 Å². The van der Waals surface area contributed by atoms with Crippen LogP contribution in [0.15, 0.2) is 36.4 Å². The van der Waals surface area contributed by atoms with Crippen molar-refractivity contribution in [1.82, 2.24) is 9.80 Å². The van der Waals surface area contributed by atoms with Crippen molar-refractivity contribution in [1.29, 1.82) is 5.26 Å². The van der Waals surface area contributed by atoms with Gasteiger partial charge in [-0.3, -0.25) is 14.6 Å². The number of halogens is 5. The van der Waals surface area contributed by atoms with E-state index in [1.165, 1.54) is 43.0 Å². The fourth-order valence-electron chi connectivity index (χ4n) is 5.74. The predicted molar refractivity (Wildman–Crippen MR) is 173 cm³/mol. The van der Waals surface area contributed by atoms with Crippen LogP contribution in [-0.2, 0) is 22.1 Å². The maximum Gasteiger partial charge on any atom is 0.417 e. The first-order valence-corrected chi connectivity index (χ1v) is 15.7. The van der Waals surface area contributed by atoms with Crippen LogP contribution >= 0.6 is 12.2 Å². The number of amides is 2. The molecule has 48 heavy (non-hydrogen) atoms. The second-order valence-corrected chi connectivity index (χ2v) is 13.6. The molecule has 0 saturated carbocycles. The molecule has 2 aliphatic rings. The molecule has 2 aromatic rings. The summed E-state index contributed by atoms with van der Waals surface area (Å²) in [5, 5.41) is 9.01. The third kappa shape index (κ3) is 7.98. The van der Waals surface area contributed by atoms with Gasteiger partial charge in [-0.2, -0.15) is 18.4 Å². The van der Waals surface area contributed by atoms with Crippen LogP contribution in [0.25, 0.3) is 0 Å². The fourth-order valence-corrected chi connectivity index (χ4v) is 6.27. The van der Waals surface area contributed by atoms with Gasteiger partial charge in [0, 0.05) is 49.9 Å². The number of carbonyl (C=O) groups is 2. The van der Waals surface area contributed by atoms with Crippen molar-refractivity contribution in [2.24, 2.45) is 0 Å². The Balaban J connectivity index is 1.51. The summed E-state index contributed by atoms with van der Waals surface area (Å²) in [7, 11) is 0. The summed E-state index contributed by atoms with van der Waals surface area (Å²) in [6.07, 6.45) is -8.61. The zero-order chi connectivity index (χ0) is 35.8. The molecule has 2 fully saturated rings. The van der Waals surface area contributed by atoms with Gasteiger partial charge < -0.3 is 19.3 Å². The van der Waals surface area contributed by atoms with Crippen LogP contribution in [0.5, 0.6) is 5.75 Å². The molecule has 0 radical (unpaired) electrons. The zero-order valence-electron chi connectivity index (χ0n) is 27.5. The van der Waals surface area contributed by atoms with E-state index in [1.54, 1.807) is 31.7 Å². The van der Waals surface area contributed by atoms with Gasteiger partial charge in [0.05, 0.1) is 22.9 Å². The molecule has 9 nitrogen and oxygen atoms in total. The molecule has 0 aromatic heterocycles. The SMILES string of the molecule is CC1CN(CCOc2ccc(N3C(=S)N(c4ccc(C#N)c(C(F)(F)F)c4)C(=O)C3(C)C)cc2CC(F)F)CCN1C(=O)OC(C)(C)C. The molecule has 0 aliphatic carbocycles. The molecule has 0 N–H and O–H groups in total. The normalized spacial score (nSPS) is 18.8. The maximum atomic E-state index is 13.7. The number of nitrogens with zero attached hydrogens (tertiary/aromatic N) is 5. The van der Waals surface area contributed by atoms with E-state index in [9.17, 15) is 31.5 Å². The Morgan fingerprint density at radius 1 is 1.10 bits per heavy atom. The number of benzene rings is 2. The summed E-state index contributed by atoms with van der Waals surface area (Å²) in [6.45, 7) is 12.6. The van der Waals surface area contributed by atoms with Crippen LogP contribution in [-0.4, -0.2) is 83.3 Å². The largest absolute Gasteiger partial charge is 0.492 e. The van der Waals surface area contributed by atoms with E-state index in [-0.39, 0.29) is 46.5 Å². The summed E-state index contributed by atoms with van der Waals surface area (Å²) in [5.74, 6) is -0.422. The topological polar surface area (TPSA) is 89.4 Å². The number of alkyl halides is 5. The van der Waals surface area contributed by atoms with Crippen LogP contribution in [0.3, 0.4) is 0 Å². The summed E-state index contributed by atoms with van der Waals surface area (Å²) in [5.41, 5.74) is -3.57. The van der Waals surface area contributed by atoms with E-state index in [0.29, 0.717) is 32.2 Å². The minimum atomic E-state index is -4.85. The van der Waals surface area contributed by atoms with Crippen LogP contribution in [0.2, 0.25) is 0 Å². The van der Waals surface area contributed by atoms with Gasteiger partial charge in [-0.15, -0.1) is 0 Å². The average Bonchev–Trinajstić information content (AvgIpc) is 3.14. The molecule has 2 saturated heterocycles. The smallest absolute Gasteiger partial charge is 0.417 e. The average molecular weight is 696 g/mol. The number of ether oxygens (including phenoxy) is 2. The summed E-state index contributed by atoms with van der Waals surface area (Å²) < 4.78 is 79.9. The minimum absolute atomic E-state index is 0.110. The van der Waals surface area contributed by atoms with Crippen molar-refractivity contribution in [3.8, 4) is 11.8 Å². The van der Waals surface area contributed by atoms with E-state index >= 15 is 0 Å². The summed E-state index contributed by atoms with van der Waals surface area (Å²) in [6, 6.07) is 8.76. The van der Waals surface area contributed by atoms with Gasteiger partial charge >= 0.3 is 12.3 Å². The van der Waals surface area contributed by atoms with Crippen LogP contribution in [0, 0.1) is 11.3 Å². The lowest BCUT2D eigenvalue weighted by Gasteiger charge is -2.40. The van der Waals surface area contributed by atoms with E-state index in [2.05, 4.69) is 4.90 Å². The second kappa shape index (κ2) is 13.8. The van der Waals surface area contributed by atoms with Gasteiger partial charge in [0.15, 0.2) is 5.11 Å². The van der Waals surface area contributed by atoms with Crippen molar-refractivity contribution in [3.05, 3.63) is 53.1 Å². The van der Waals surface area contributed by atoms with Crippen LogP contribution in [0.4, 0.5) is 38.1 Å². The molecule has 2 aliphatic heterocycles. The highest BCUT2D eigenvalue weighted by atomic mass is 32.1. The fraction of sp³-hybridized carbons (Fsp3) is 0.515. The highest BCUT2D eigenvalue weighted by Crippen LogP contribution is 2.40. The van der Waals surface area contributed by atoms with E-state index < -0.39 is 47.2 Å². The Labute approximate surface area is 281 Å². The molecule has 0 bridgehead atoms. The Bertz CT molecular complexity index is 1600. The number of nitriles is 1. The van der Waals surface area contributed by atoms with E-state index in [4.69, 9.17) is 27.0 Å². The van der Waals surface area contributed by atoms with Crippen molar-refractivity contribution in [2.45, 2.75) is 77.7 Å². The monoisotopic (exact) mass is 695 g/mol. The molecule has 2 heterocycles. The number of piperazine rings is 1. The Kier molecular flexibility index (Phi) is 10.6. The third-order valence-electron chi connectivity index (χ3n) is 8.04. The van der Waals surface area contributed by atoms with Gasteiger partial charge in [-0.1, -0.05) is 0 Å². The Hall–Kier alpha value is -4.03. The van der Waals surface area contributed by atoms with Crippen LogP contribution in [0.1, 0.15) is 58.2 Å². The third-order valence-corrected chi connectivity index (χ3v) is 8.40. The number of carbonyl (C=O) groups excluding carboxylic acids is 2. The molecule has 1 unspecified atom stereocenters. The molecule has 2 amide bonds. The molecule has 260 valence electrons. The molecule has 1 atom stereocenters. The van der Waals surface area contributed by atoms with Gasteiger partial charge in [0.1, 0.15) is 23.5 Å². The highest BCUT2D eigenvalue weighted by Gasteiger charge is 2.51. The summed E-state index contributed by atoms with van der Waals surface area (Å²) >= 11 is 5.58. The molecular weight excluding hydrogens is 657 g/mol. The van der Waals surface area contributed by atoms with Crippen molar-refractivity contribution in [3.63, 3.8) is 0 Å². The first-order chi connectivity index (χ1) is 22.2. The lowest BCUT2D eigenvalue weighted by atomic mass is 10.0. The quantitative estimate of drug-likeness (QED) is 0.225. The predicted octanol–water partition coefficient (Wildman–Crippen LogP) is 6.62. The van der Waals surface area contributed by atoms with Crippen molar-refractivity contribution < 1.29 is 41.0 Å². The number of hydrogen-bond donors (Lipinski definition) is 0. The molecule has 4 rings (SSSR count). The van der Waals surface area contributed by atoms with E-state index in [0.717, 1.165) is 11.0 Å². The number of rotatable bonds is 8. The van der Waals surface area contributed by atoms with Gasteiger partial charge in [-0.05, 0) is 90.2 Å². The molecule has 2 aromatic carbocycles.